The van der Waals surface area contributed by atoms with Gasteiger partial charge in [0.25, 0.3) is 0 Å². The van der Waals surface area contributed by atoms with Crippen molar-refractivity contribution in [3.8, 4) is 0 Å². The monoisotopic (exact) mass is 207 g/mol. The van der Waals surface area contributed by atoms with Gasteiger partial charge in [-0.05, 0) is 12.0 Å². The van der Waals surface area contributed by atoms with Crippen LogP contribution in [0.2, 0.25) is 0 Å². The van der Waals surface area contributed by atoms with Gasteiger partial charge in [0.05, 0.1) is 12.7 Å². The Kier molecular flexibility index (Phi) is 3.36. The molecule has 1 aliphatic carbocycles. The second-order valence-electron chi connectivity index (χ2n) is 4.10. The van der Waals surface area contributed by atoms with Gasteiger partial charge < -0.3 is 15.5 Å². The molecule has 1 aliphatic rings. The molecule has 1 aromatic carbocycles. The van der Waals surface area contributed by atoms with Crippen molar-refractivity contribution in [3.05, 3.63) is 35.9 Å². The van der Waals surface area contributed by atoms with Crippen molar-refractivity contribution < 1.29 is 10.2 Å². The average Bonchev–Trinajstić information content (AvgIpc) is 3.06. The van der Waals surface area contributed by atoms with Crippen LogP contribution < -0.4 is 5.32 Å². The second kappa shape index (κ2) is 4.75. The highest BCUT2D eigenvalue weighted by atomic mass is 16.3. The summed E-state index contributed by atoms with van der Waals surface area (Å²) in [5.41, 5.74) is 1.36. The first-order valence-electron chi connectivity index (χ1n) is 5.38. The zero-order valence-corrected chi connectivity index (χ0v) is 8.63. The van der Waals surface area contributed by atoms with Crippen LogP contribution in [-0.4, -0.2) is 35.5 Å². The van der Waals surface area contributed by atoms with Gasteiger partial charge in [-0.2, -0.15) is 0 Å². The van der Waals surface area contributed by atoms with Gasteiger partial charge in [-0.15, -0.1) is 0 Å². The molecule has 3 N–H and O–H groups in total. The number of aliphatic hydroxyl groups excluding tert-OH is 2. The fourth-order valence-corrected chi connectivity index (χ4v) is 1.84. The van der Waals surface area contributed by atoms with Crippen molar-refractivity contribution in [1.29, 1.82) is 0 Å². The van der Waals surface area contributed by atoms with Gasteiger partial charge in [0.2, 0.25) is 0 Å². The van der Waals surface area contributed by atoms with Crippen molar-refractivity contribution in [1.82, 2.24) is 5.32 Å². The molecule has 0 amide bonds. The van der Waals surface area contributed by atoms with Crippen LogP contribution in [0.25, 0.3) is 0 Å². The molecular formula is C12H17NO2. The van der Waals surface area contributed by atoms with E-state index >= 15 is 0 Å². The van der Waals surface area contributed by atoms with E-state index in [0.29, 0.717) is 18.5 Å². The molecule has 15 heavy (non-hydrogen) atoms. The van der Waals surface area contributed by atoms with E-state index in [-0.39, 0.29) is 6.61 Å². The van der Waals surface area contributed by atoms with Gasteiger partial charge in [-0.25, -0.2) is 0 Å². The Morgan fingerprint density at radius 3 is 2.73 bits per heavy atom. The van der Waals surface area contributed by atoms with Crippen molar-refractivity contribution in [2.75, 3.05) is 13.2 Å². The minimum absolute atomic E-state index is 0.171. The fraction of sp³-hybridized carbons (Fsp3) is 0.500. The van der Waals surface area contributed by atoms with Crippen molar-refractivity contribution in [2.45, 2.75) is 24.5 Å². The zero-order chi connectivity index (χ0) is 10.7. The summed E-state index contributed by atoms with van der Waals surface area (Å²) in [4.78, 5) is 0. The molecule has 2 rings (SSSR count). The van der Waals surface area contributed by atoms with E-state index < -0.39 is 6.10 Å². The SMILES string of the molecule is OC[C@@H](O)CNC1CC1c1ccccc1. The number of hydrogen-bond donors (Lipinski definition) is 3. The van der Waals surface area contributed by atoms with E-state index in [1.807, 2.05) is 18.2 Å². The maximum absolute atomic E-state index is 9.18. The van der Waals surface area contributed by atoms with Crippen LogP contribution >= 0.6 is 0 Å². The lowest BCUT2D eigenvalue weighted by molar-refractivity contribution is 0.0941. The molecular weight excluding hydrogens is 190 g/mol. The Balaban J connectivity index is 1.77. The van der Waals surface area contributed by atoms with E-state index in [9.17, 15) is 5.11 Å². The average molecular weight is 207 g/mol. The predicted molar refractivity (Wildman–Crippen MR) is 58.7 cm³/mol. The highest BCUT2D eigenvalue weighted by Gasteiger charge is 2.37. The number of aliphatic hydroxyl groups is 2. The van der Waals surface area contributed by atoms with Crippen LogP contribution in [-0.2, 0) is 0 Å². The van der Waals surface area contributed by atoms with E-state index in [2.05, 4.69) is 17.4 Å². The van der Waals surface area contributed by atoms with Crippen LogP contribution in [0.1, 0.15) is 17.9 Å². The van der Waals surface area contributed by atoms with Gasteiger partial charge in [-0.3, -0.25) is 0 Å². The van der Waals surface area contributed by atoms with Gasteiger partial charge in [0, 0.05) is 18.5 Å². The molecule has 2 unspecified atom stereocenters. The summed E-state index contributed by atoms with van der Waals surface area (Å²) < 4.78 is 0. The number of hydrogen-bond acceptors (Lipinski definition) is 3. The molecule has 0 aliphatic heterocycles. The lowest BCUT2D eigenvalue weighted by Gasteiger charge is -2.08. The maximum atomic E-state index is 9.18. The molecule has 3 nitrogen and oxygen atoms in total. The lowest BCUT2D eigenvalue weighted by atomic mass is 10.1. The minimum Gasteiger partial charge on any atom is -0.394 e. The second-order valence-corrected chi connectivity index (χ2v) is 4.10. The number of rotatable bonds is 5. The quantitative estimate of drug-likeness (QED) is 0.658. The van der Waals surface area contributed by atoms with Gasteiger partial charge >= 0.3 is 0 Å². The van der Waals surface area contributed by atoms with Crippen LogP contribution in [0.4, 0.5) is 0 Å². The van der Waals surface area contributed by atoms with Crippen LogP contribution in [0.15, 0.2) is 30.3 Å². The van der Waals surface area contributed by atoms with E-state index in [1.54, 1.807) is 0 Å². The highest BCUT2D eigenvalue weighted by Crippen LogP contribution is 2.40. The third-order valence-electron chi connectivity index (χ3n) is 2.84. The molecule has 0 heterocycles. The standard InChI is InChI=1S/C12H17NO2/c14-8-10(15)7-13-12-6-11(12)9-4-2-1-3-5-9/h1-5,10-15H,6-8H2/t10-,11?,12?/m0/s1. The Morgan fingerprint density at radius 2 is 2.07 bits per heavy atom. The summed E-state index contributed by atoms with van der Waals surface area (Å²) in [5.74, 6) is 0.581. The summed E-state index contributed by atoms with van der Waals surface area (Å²) in [6.45, 7) is 0.306. The van der Waals surface area contributed by atoms with Crippen LogP contribution in [0, 0.1) is 0 Å². The van der Waals surface area contributed by atoms with Gasteiger partial charge in [0.15, 0.2) is 0 Å². The molecule has 0 saturated heterocycles. The van der Waals surface area contributed by atoms with E-state index in [0.717, 1.165) is 6.42 Å². The first-order valence-corrected chi connectivity index (χ1v) is 5.38. The maximum Gasteiger partial charge on any atom is 0.0895 e. The zero-order valence-electron chi connectivity index (χ0n) is 8.63. The Hall–Kier alpha value is -0.900. The Morgan fingerprint density at radius 1 is 1.33 bits per heavy atom. The lowest BCUT2D eigenvalue weighted by Crippen LogP contribution is -2.31. The fourth-order valence-electron chi connectivity index (χ4n) is 1.84. The molecule has 1 fully saturated rings. The summed E-state index contributed by atoms with van der Waals surface area (Å²) in [7, 11) is 0. The molecule has 0 radical (unpaired) electrons. The summed E-state index contributed by atoms with van der Waals surface area (Å²) >= 11 is 0. The van der Waals surface area contributed by atoms with Crippen LogP contribution in [0.5, 0.6) is 0 Å². The topological polar surface area (TPSA) is 52.5 Å². The van der Waals surface area contributed by atoms with E-state index in [1.165, 1.54) is 5.56 Å². The third kappa shape index (κ3) is 2.78. The molecule has 0 aromatic heterocycles. The first-order chi connectivity index (χ1) is 7.31. The van der Waals surface area contributed by atoms with Crippen molar-refractivity contribution in [2.24, 2.45) is 0 Å². The Bertz CT molecular complexity index is 302. The Labute approximate surface area is 89.8 Å². The van der Waals surface area contributed by atoms with Gasteiger partial charge in [0.1, 0.15) is 0 Å². The smallest absolute Gasteiger partial charge is 0.0895 e. The predicted octanol–water partition coefficient (Wildman–Crippen LogP) is 0.485. The summed E-state index contributed by atoms with van der Waals surface area (Å²) in [5, 5.41) is 21.1. The largest absolute Gasteiger partial charge is 0.394 e. The molecule has 1 aromatic rings. The molecule has 3 heteroatoms. The first kappa shape index (κ1) is 10.6. The molecule has 0 spiro atoms. The molecule has 0 bridgehead atoms. The van der Waals surface area contributed by atoms with Crippen molar-refractivity contribution in [3.63, 3.8) is 0 Å². The third-order valence-corrected chi connectivity index (χ3v) is 2.84. The van der Waals surface area contributed by atoms with E-state index in [4.69, 9.17) is 5.11 Å². The molecule has 3 atom stereocenters. The summed E-state index contributed by atoms with van der Waals surface area (Å²) in [6.07, 6.45) is 0.490. The molecule has 82 valence electrons. The highest BCUT2D eigenvalue weighted by molar-refractivity contribution is 5.27. The summed E-state index contributed by atoms with van der Waals surface area (Å²) in [6, 6.07) is 10.8. The normalized spacial score (nSPS) is 26.3. The minimum atomic E-state index is -0.637. The number of nitrogens with one attached hydrogen (secondary N) is 1. The van der Waals surface area contributed by atoms with Crippen LogP contribution in [0.3, 0.4) is 0 Å². The number of benzene rings is 1. The van der Waals surface area contributed by atoms with Gasteiger partial charge in [-0.1, -0.05) is 30.3 Å². The molecule has 1 saturated carbocycles. The van der Waals surface area contributed by atoms with Crippen molar-refractivity contribution >= 4 is 0 Å².